The summed E-state index contributed by atoms with van der Waals surface area (Å²) >= 11 is 0. The normalized spacial score (nSPS) is 19.1. The van der Waals surface area contributed by atoms with Gasteiger partial charge < -0.3 is 25.7 Å². The van der Waals surface area contributed by atoms with Crippen LogP contribution in [0.5, 0.6) is 0 Å². The zero-order valence-electron chi connectivity index (χ0n) is 20.0. The van der Waals surface area contributed by atoms with E-state index >= 15 is 0 Å². The fourth-order valence-electron chi connectivity index (χ4n) is 4.33. The van der Waals surface area contributed by atoms with Crippen molar-refractivity contribution >= 4 is 23.3 Å². The molecule has 1 aliphatic carbocycles. The van der Waals surface area contributed by atoms with E-state index in [4.69, 9.17) is 15.5 Å². The quantitative estimate of drug-likeness (QED) is 0.430. The summed E-state index contributed by atoms with van der Waals surface area (Å²) in [7, 11) is 1.74. The second-order valence-corrected chi connectivity index (χ2v) is 9.14. The fraction of sp³-hybridized carbons (Fsp3) is 0.500. The van der Waals surface area contributed by atoms with Crippen LogP contribution in [0.2, 0.25) is 0 Å². The molecule has 4 N–H and O–H groups in total. The van der Waals surface area contributed by atoms with Gasteiger partial charge in [-0.05, 0) is 32.3 Å². The van der Waals surface area contributed by atoms with Crippen molar-refractivity contribution in [3.05, 3.63) is 52.1 Å². The Kier molecular flexibility index (Phi) is 7.16. The lowest BCUT2D eigenvalue weighted by Gasteiger charge is -2.32. The average Bonchev–Trinajstić information content (AvgIpc) is 3.19. The molecule has 3 heterocycles. The minimum absolute atomic E-state index is 0.0436. The maximum atomic E-state index is 11.9. The number of carbonyl (C=O) groups excluding carboxylic acids is 1. The summed E-state index contributed by atoms with van der Waals surface area (Å²) in [6, 6.07) is 4.85. The fourth-order valence-corrected chi connectivity index (χ4v) is 4.33. The van der Waals surface area contributed by atoms with E-state index in [-0.39, 0.29) is 23.5 Å². The van der Waals surface area contributed by atoms with Gasteiger partial charge in [0.2, 0.25) is 5.56 Å². The number of fused-ring (bicyclic) bond motifs is 1. The maximum Gasteiger partial charge on any atom is 0.322 e. The summed E-state index contributed by atoms with van der Waals surface area (Å²) in [5.41, 5.74) is 8.31. The van der Waals surface area contributed by atoms with Crippen molar-refractivity contribution in [3.63, 3.8) is 0 Å². The lowest BCUT2D eigenvalue weighted by molar-refractivity contribution is -0.146. The van der Waals surface area contributed by atoms with Crippen LogP contribution in [0, 0.1) is 12.8 Å². The second kappa shape index (κ2) is 10.3. The Morgan fingerprint density at radius 2 is 2.12 bits per heavy atom. The standard InChI is InChI=1S/C24H33N7O3/c1-15-11-27-31-21(26-12-17-8-9-22(32)30(3)13-17)10-20(29-23(15)31)28-19-7-5-4-6-18(19)14-34-24(33)16(2)25/h8-11,13,16,18-19,26H,4-7,12,14,25H2,1-3H3,(H,28,29)/t16-,18-,19-/m0/s1. The first-order valence-corrected chi connectivity index (χ1v) is 11.8. The molecular formula is C24H33N7O3. The molecule has 34 heavy (non-hydrogen) atoms. The molecule has 3 aromatic heterocycles. The third kappa shape index (κ3) is 5.39. The maximum absolute atomic E-state index is 11.9. The van der Waals surface area contributed by atoms with Crippen molar-refractivity contribution in [1.82, 2.24) is 19.2 Å². The number of nitrogens with two attached hydrogens (primary N) is 1. The lowest BCUT2D eigenvalue weighted by atomic mass is 9.85. The molecule has 3 atom stereocenters. The second-order valence-electron chi connectivity index (χ2n) is 9.14. The van der Waals surface area contributed by atoms with Gasteiger partial charge in [-0.25, -0.2) is 4.98 Å². The number of aromatic nitrogens is 4. The van der Waals surface area contributed by atoms with Crippen LogP contribution in [0.4, 0.5) is 11.6 Å². The van der Waals surface area contributed by atoms with Crippen molar-refractivity contribution in [2.75, 3.05) is 17.2 Å². The molecule has 0 bridgehead atoms. The minimum atomic E-state index is -0.621. The van der Waals surface area contributed by atoms with E-state index in [0.717, 1.165) is 54.1 Å². The molecule has 10 heteroatoms. The summed E-state index contributed by atoms with van der Waals surface area (Å²) in [6.45, 7) is 4.50. The van der Waals surface area contributed by atoms with E-state index in [1.165, 1.54) is 0 Å². The Hall–Kier alpha value is -3.40. The average molecular weight is 468 g/mol. The Bertz CT molecular complexity index is 1220. The van der Waals surface area contributed by atoms with E-state index < -0.39 is 6.04 Å². The molecule has 0 aromatic carbocycles. The van der Waals surface area contributed by atoms with Crippen LogP contribution >= 0.6 is 0 Å². The highest BCUT2D eigenvalue weighted by atomic mass is 16.5. The van der Waals surface area contributed by atoms with E-state index in [9.17, 15) is 9.59 Å². The molecular weight excluding hydrogens is 434 g/mol. The number of carbonyl (C=O) groups is 1. The Balaban J connectivity index is 1.53. The monoisotopic (exact) mass is 467 g/mol. The van der Waals surface area contributed by atoms with E-state index in [1.54, 1.807) is 35.3 Å². The highest BCUT2D eigenvalue weighted by Gasteiger charge is 2.27. The highest BCUT2D eigenvalue weighted by Crippen LogP contribution is 2.28. The molecule has 0 unspecified atom stereocenters. The number of pyridine rings is 1. The topological polar surface area (TPSA) is 129 Å². The van der Waals surface area contributed by atoms with Crippen LogP contribution in [0.3, 0.4) is 0 Å². The first-order valence-electron chi connectivity index (χ1n) is 11.8. The molecule has 1 fully saturated rings. The van der Waals surface area contributed by atoms with Crippen LogP contribution < -0.4 is 21.9 Å². The molecule has 182 valence electrons. The summed E-state index contributed by atoms with van der Waals surface area (Å²) in [5, 5.41) is 11.5. The van der Waals surface area contributed by atoms with E-state index in [0.29, 0.717) is 13.2 Å². The Morgan fingerprint density at radius 3 is 2.88 bits per heavy atom. The summed E-state index contributed by atoms with van der Waals surface area (Å²) < 4.78 is 8.79. The van der Waals surface area contributed by atoms with Gasteiger partial charge in [-0.2, -0.15) is 9.61 Å². The predicted molar refractivity (Wildman–Crippen MR) is 131 cm³/mol. The van der Waals surface area contributed by atoms with Gasteiger partial charge in [0.25, 0.3) is 0 Å². The van der Waals surface area contributed by atoms with Crippen molar-refractivity contribution in [3.8, 4) is 0 Å². The van der Waals surface area contributed by atoms with Crippen molar-refractivity contribution in [2.24, 2.45) is 18.7 Å². The van der Waals surface area contributed by atoms with Gasteiger partial charge >= 0.3 is 5.97 Å². The van der Waals surface area contributed by atoms with E-state index in [2.05, 4.69) is 15.7 Å². The molecule has 0 spiro atoms. The van der Waals surface area contributed by atoms with Crippen molar-refractivity contribution < 1.29 is 9.53 Å². The van der Waals surface area contributed by atoms with Crippen molar-refractivity contribution in [1.29, 1.82) is 0 Å². The number of nitrogens with zero attached hydrogens (tertiary/aromatic N) is 4. The van der Waals surface area contributed by atoms with Crippen LogP contribution in [-0.2, 0) is 23.1 Å². The molecule has 10 nitrogen and oxygen atoms in total. The van der Waals surface area contributed by atoms with Crippen LogP contribution in [0.25, 0.3) is 5.65 Å². The zero-order valence-corrected chi connectivity index (χ0v) is 20.0. The third-order valence-corrected chi connectivity index (χ3v) is 6.32. The smallest absolute Gasteiger partial charge is 0.322 e. The SMILES string of the molecule is Cc1cnn2c(NCc3ccc(=O)n(C)c3)cc(N[C@H]3CCCC[C@H]3COC(=O)[C@H](C)N)nc12. The third-order valence-electron chi connectivity index (χ3n) is 6.32. The summed E-state index contributed by atoms with van der Waals surface area (Å²) in [5.74, 6) is 1.37. The highest BCUT2D eigenvalue weighted by molar-refractivity contribution is 5.74. The van der Waals surface area contributed by atoms with Crippen LogP contribution in [0.15, 0.2) is 35.4 Å². The number of anilines is 2. The van der Waals surface area contributed by atoms with Gasteiger partial charge in [-0.3, -0.25) is 9.59 Å². The number of hydrogen-bond acceptors (Lipinski definition) is 8. The molecule has 0 amide bonds. The summed E-state index contributed by atoms with van der Waals surface area (Å²) in [6.07, 6.45) is 7.79. The molecule has 1 aliphatic rings. The van der Waals surface area contributed by atoms with Gasteiger partial charge in [-0.15, -0.1) is 0 Å². The molecule has 0 aliphatic heterocycles. The first kappa shape index (κ1) is 23.7. The van der Waals surface area contributed by atoms with Crippen LogP contribution in [0.1, 0.15) is 43.7 Å². The summed E-state index contributed by atoms with van der Waals surface area (Å²) in [4.78, 5) is 28.3. The molecule has 4 rings (SSSR count). The number of rotatable bonds is 8. The Labute approximate surface area is 198 Å². The minimum Gasteiger partial charge on any atom is -0.464 e. The largest absolute Gasteiger partial charge is 0.464 e. The molecule has 0 radical (unpaired) electrons. The first-order chi connectivity index (χ1) is 16.3. The number of aryl methyl sites for hydroxylation is 2. The van der Waals surface area contributed by atoms with Gasteiger partial charge in [0, 0.05) is 49.4 Å². The number of hydrogen-bond donors (Lipinski definition) is 3. The van der Waals surface area contributed by atoms with Gasteiger partial charge in [-0.1, -0.05) is 18.9 Å². The lowest BCUT2D eigenvalue weighted by Crippen LogP contribution is -2.38. The zero-order chi connectivity index (χ0) is 24.2. The van der Waals surface area contributed by atoms with Gasteiger partial charge in [0.15, 0.2) is 5.65 Å². The number of esters is 1. The molecule has 3 aromatic rings. The van der Waals surface area contributed by atoms with Gasteiger partial charge in [0.05, 0.1) is 12.8 Å². The Morgan fingerprint density at radius 1 is 1.32 bits per heavy atom. The molecule has 1 saturated carbocycles. The predicted octanol–water partition coefficient (Wildman–Crippen LogP) is 2.21. The van der Waals surface area contributed by atoms with Crippen molar-refractivity contribution in [2.45, 2.75) is 58.2 Å². The van der Waals surface area contributed by atoms with E-state index in [1.807, 2.05) is 25.3 Å². The molecule has 0 saturated heterocycles. The number of nitrogens with one attached hydrogen (secondary N) is 2. The number of ether oxygens (including phenoxy) is 1. The van der Waals surface area contributed by atoms with Crippen LogP contribution in [-0.4, -0.2) is 43.8 Å². The van der Waals surface area contributed by atoms with Gasteiger partial charge in [0.1, 0.15) is 17.7 Å².